The first-order valence-electron chi connectivity index (χ1n) is 10.8. The van der Waals surface area contributed by atoms with Gasteiger partial charge in [0.05, 0.1) is 6.04 Å². The minimum Gasteiger partial charge on any atom is -0.483 e. The van der Waals surface area contributed by atoms with Gasteiger partial charge in [-0.1, -0.05) is 74.0 Å². The summed E-state index contributed by atoms with van der Waals surface area (Å²) < 4.78 is 5.73. The number of hydrogen-bond donors (Lipinski definition) is 1. The van der Waals surface area contributed by atoms with Gasteiger partial charge in [0.15, 0.2) is 6.61 Å². The smallest absolute Gasteiger partial charge is 0.339 e. The molecule has 0 fully saturated rings. The van der Waals surface area contributed by atoms with Crippen LogP contribution in [0.4, 0.5) is 0 Å². The van der Waals surface area contributed by atoms with Gasteiger partial charge < -0.3 is 14.7 Å². The summed E-state index contributed by atoms with van der Waals surface area (Å²) in [5, 5.41) is 10.2. The summed E-state index contributed by atoms with van der Waals surface area (Å²) in [5.74, 6) is -0.972. The second kappa shape index (κ2) is 11.0. The fourth-order valence-corrected chi connectivity index (χ4v) is 3.69. The van der Waals surface area contributed by atoms with E-state index in [-0.39, 0.29) is 35.8 Å². The first kappa shape index (κ1) is 24.3. The molecule has 3 rings (SSSR count). The largest absolute Gasteiger partial charge is 0.483 e. The molecule has 3 aromatic rings. The summed E-state index contributed by atoms with van der Waals surface area (Å²) in [7, 11) is 0. The molecule has 0 saturated carbocycles. The minimum absolute atomic E-state index is 0.0503. The predicted molar refractivity (Wildman–Crippen MR) is 130 cm³/mol. The molecule has 0 spiro atoms. The summed E-state index contributed by atoms with van der Waals surface area (Å²) in [5.41, 5.74) is 2.87. The highest BCUT2D eigenvalue weighted by Gasteiger charge is 2.23. The Morgan fingerprint density at radius 2 is 1.61 bits per heavy atom. The Balaban J connectivity index is 1.82. The van der Waals surface area contributed by atoms with E-state index in [1.54, 1.807) is 29.2 Å². The van der Waals surface area contributed by atoms with Crippen LogP contribution in [0.3, 0.4) is 0 Å². The summed E-state index contributed by atoms with van der Waals surface area (Å²) >= 11 is 6.01. The molecule has 0 radical (unpaired) electrons. The number of ether oxygens (including phenoxy) is 1. The molecule has 5 nitrogen and oxygen atoms in total. The van der Waals surface area contributed by atoms with Crippen LogP contribution in [0.2, 0.25) is 5.02 Å². The van der Waals surface area contributed by atoms with Gasteiger partial charge in [-0.05, 0) is 53.8 Å². The van der Waals surface area contributed by atoms with Gasteiger partial charge in [0.1, 0.15) is 11.3 Å². The van der Waals surface area contributed by atoms with Crippen molar-refractivity contribution in [2.75, 3.05) is 6.61 Å². The van der Waals surface area contributed by atoms with Crippen molar-refractivity contribution < 1.29 is 19.4 Å². The zero-order valence-electron chi connectivity index (χ0n) is 19.0. The van der Waals surface area contributed by atoms with Crippen molar-refractivity contribution in [3.8, 4) is 5.75 Å². The number of hydrogen-bond acceptors (Lipinski definition) is 3. The number of rotatable bonds is 9. The molecule has 172 valence electrons. The second-order valence-electron chi connectivity index (χ2n) is 8.24. The molecule has 0 unspecified atom stereocenters. The van der Waals surface area contributed by atoms with Crippen LogP contribution in [0.15, 0.2) is 72.8 Å². The SMILES string of the molecule is CC(C)c1ccc(OCC(=O)N(Cc2ccc(Cl)cc2)[C@@H](C)c2ccccc2)c(C(=O)O)c1. The number of nitrogens with zero attached hydrogens (tertiary/aromatic N) is 1. The molecule has 0 bridgehead atoms. The maximum atomic E-state index is 13.3. The highest BCUT2D eigenvalue weighted by Crippen LogP contribution is 2.26. The van der Waals surface area contributed by atoms with Crippen molar-refractivity contribution in [1.29, 1.82) is 0 Å². The van der Waals surface area contributed by atoms with E-state index in [1.807, 2.05) is 69.3 Å². The molecule has 1 amide bonds. The lowest BCUT2D eigenvalue weighted by molar-refractivity contribution is -0.136. The fourth-order valence-electron chi connectivity index (χ4n) is 3.56. The lowest BCUT2D eigenvalue weighted by Gasteiger charge is -2.30. The quantitative estimate of drug-likeness (QED) is 0.401. The molecule has 6 heteroatoms. The maximum absolute atomic E-state index is 13.3. The van der Waals surface area contributed by atoms with Crippen LogP contribution >= 0.6 is 11.6 Å². The predicted octanol–water partition coefficient (Wildman–Crippen LogP) is 6.33. The van der Waals surface area contributed by atoms with Crippen LogP contribution in [0.1, 0.15) is 59.8 Å². The summed E-state index contributed by atoms with van der Waals surface area (Å²) in [6, 6.07) is 21.9. The van der Waals surface area contributed by atoms with E-state index in [9.17, 15) is 14.7 Å². The molecular weight excluding hydrogens is 438 g/mol. The molecule has 0 heterocycles. The number of benzene rings is 3. The lowest BCUT2D eigenvalue weighted by Crippen LogP contribution is -2.36. The van der Waals surface area contributed by atoms with Crippen LogP contribution < -0.4 is 4.74 Å². The number of carbonyl (C=O) groups is 2. The normalized spacial score (nSPS) is 11.8. The van der Waals surface area contributed by atoms with Gasteiger partial charge in [-0.3, -0.25) is 4.79 Å². The monoisotopic (exact) mass is 465 g/mol. The van der Waals surface area contributed by atoms with Crippen LogP contribution in [-0.4, -0.2) is 28.5 Å². The molecule has 3 aromatic carbocycles. The Kier molecular flexibility index (Phi) is 8.12. The van der Waals surface area contributed by atoms with Gasteiger partial charge >= 0.3 is 5.97 Å². The molecule has 0 aliphatic carbocycles. The molecule has 1 atom stereocenters. The summed E-state index contributed by atoms with van der Waals surface area (Å²) in [6.45, 7) is 6.04. The van der Waals surface area contributed by atoms with Gasteiger partial charge in [-0.2, -0.15) is 0 Å². The fraction of sp³-hybridized carbons (Fsp3) is 0.259. The number of carboxylic acids is 1. The van der Waals surface area contributed by atoms with E-state index in [0.29, 0.717) is 11.6 Å². The van der Waals surface area contributed by atoms with Crippen LogP contribution in [-0.2, 0) is 11.3 Å². The molecule has 0 aliphatic heterocycles. The molecule has 33 heavy (non-hydrogen) atoms. The Labute approximate surface area is 199 Å². The van der Waals surface area contributed by atoms with E-state index < -0.39 is 5.97 Å². The summed E-state index contributed by atoms with van der Waals surface area (Å²) in [4.78, 5) is 26.8. The van der Waals surface area contributed by atoms with Gasteiger partial charge in [-0.25, -0.2) is 4.79 Å². The zero-order valence-corrected chi connectivity index (χ0v) is 19.8. The highest BCUT2D eigenvalue weighted by atomic mass is 35.5. The van der Waals surface area contributed by atoms with Crippen molar-refractivity contribution in [2.24, 2.45) is 0 Å². The number of carboxylic acid groups (broad SMARTS) is 1. The molecule has 0 aliphatic rings. The van der Waals surface area contributed by atoms with Gasteiger partial charge in [0, 0.05) is 11.6 Å². The van der Waals surface area contributed by atoms with Gasteiger partial charge in [0.25, 0.3) is 5.91 Å². The van der Waals surface area contributed by atoms with E-state index in [1.165, 1.54) is 0 Å². The molecule has 0 saturated heterocycles. The standard InChI is InChI=1S/C27H28ClNO4/c1-18(2)22-11-14-25(24(15-22)27(31)32)33-17-26(30)29(16-20-9-12-23(28)13-10-20)19(3)21-7-5-4-6-8-21/h4-15,18-19H,16-17H2,1-3H3,(H,31,32)/t19-/m0/s1. The first-order chi connectivity index (χ1) is 15.8. The van der Waals surface area contributed by atoms with E-state index in [0.717, 1.165) is 16.7 Å². The van der Waals surface area contributed by atoms with Crippen molar-refractivity contribution in [3.05, 3.63) is 100 Å². The number of amides is 1. The average Bonchev–Trinajstić information content (AvgIpc) is 2.82. The molecular formula is C27H28ClNO4. The number of halogens is 1. The zero-order chi connectivity index (χ0) is 24.0. The van der Waals surface area contributed by atoms with Crippen molar-refractivity contribution in [2.45, 2.75) is 39.3 Å². The topological polar surface area (TPSA) is 66.8 Å². The summed E-state index contributed by atoms with van der Waals surface area (Å²) in [6.07, 6.45) is 0. The number of aromatic carboxylic acids is 1. The van der Waals surface area contributed by atoms with Crippen molar-refractivity contribution >= 4 is 23.5 Å². The maximum Gasteiger partial charge on any atom is 0.339 e. The van der Waals surface area contributed by atoms with E-state index >= 15 is 0 Å². The van der Waals surface area contributed by atoms with E-state index in [2.05, 4.69) is 0 Å². The Morgan fingerprint density at radius 1 is 0.939 bits per heavy atom. The third kappa shape index (κ3) is 6.36. The first-order valence-corrected chi connectivity index (χ1v) is 11.2. The van der Waals surface area contributed by atoms with Gasteiger partial charge in [0.2, 0.25) is 0 Å². The number of carbonyl (C=O) groups excluding carboxylic acids is 1. The average molecular weight is 466 g/mol. The minimum atomic E-state index is -1.09. The van der Waals surface area contributed by atoms with Crippen molar-refractivity contribution in [1.82, 2.24) is 4.90 Å². The highest BCUT2D eigenvalue weighted by molar-refractivity contribution is 6.30. The molecule has 1 N–H and O–H groups in total. The lowest BCUT2D eigenvalue weighted by atomic mass is 10.0. The third-order valence-corrected chi connectivity index (χ3v) is 5.84. The Hall–Kier alpha value is -3.31. The third-order valence-electron chi connectivity index (χ3n) is 5.59. The Bertz CT molecular complexity index is 1100. The second-order valence-corrected chi connectivity index (χ2v) is 8.68. The Morgan fingerprint density at radius 3 is 2.21 bits per heavy atom. The van der Waals surface area contributed by atoms with Crippen LogP contribution in [0.5, 0.6) is 5.75 Å². The van der Waals surface area contributed by atoms with Gasteiger partial charge in [-0.15, -0.1) is 0 Å². The van der Waals surface area contributed by atoms with Crippen molar-refractivity contribution in [3.63, 3.8) is 0 Å². The van der Waals surface area contributed by atoms with E-state index in [4.69, 9.17) is 16.3 Å². The molecule has 0 aromatic heterocycles. The van der Waals surface area contributed by atoms with Crippen LogP contribution in [0, 0.1) is 0 Å². The van der Waals surface area contributed by atoms with Crippen LogP contribution in [0.25, 0.3) is 0 Å².